The normalized spacial score (nSPS) is 20.6. The van der Waals surface area contributed by atoms with Gasteiger partial charge in [0, 0.05) is 29.4 Å². The number of rotatable bonds is 6. The number of halogens is 1. The number of imidazole rings is 1. The molecule has 1 aliphatic carbocycles. The van der Waals surface area contributed by atoms with Crippen LogP contribution >= 0.6 is 27.7 Å². The second-order valence-electron chi connectivity index (χ2n) is 9.34. The van der Waals surface area contributed by atoms with Gasteiger partial charge in [0.15, 0.2) is 5.16 Å². The number of piperidine rings is 1. The summed E-state index contributed by atoms with van der Waals surface area (Å²) >= 11 is 5.38. The summed E-state index contributed by atoms with van der Waals surface area (Å²) in [5, 5.41) is 0.980. The third-order valence-electron chi connectivity index (χ3n) is 6.89. The third-order valence-corrected chi connectivity index (χ3v) is 10.5. The van der Waals surface area contributed by atoms with Crippen LogP contribution in [0.5, 0.6) is 0 Å². The lowest BCUT2D eigenvalue weighted by Crippen LogP contribution is -2.39. The molecule has 33 heavy (non-hydrogen) atoms. The summed E-state index contributed by atoms with van der Waals surface area (Å²) < 4.78 is 31.8. The minimum absolute atomic E-state index is 0.363. The first-order valence-electron chi connectivity index (χ1n) is 11.8. The Kier molecular flexibility index (Phi) is 6.89. The van der Waals surface area contributed by atoms with Gasteiger partial charge in [-0.05, 0) is 61.4 Å². The van der Waals surface area contributed by atoms with Crippen LogP contribution in [0.2, 0.25) is 0 Å². The van der Waals surface area contributed by atoms with Gasteiger partial charge in [0.25, 0.3) is 0 Å². The van der Waals surface area contributed by atoms with E-state index in [1.165, 1.54) is 18.4 Å². The Morgan fingerprint density at radius 1 is 1.09 bits per heavy atom. The molecule has 1 aliphatic heterocycles. The molecular formula is C25H30BrN3O2S2. The van der Waals surface area contributed by atoms with Crippen molar-refractivity contribution >= 4 is 48.7 Å². The van der Waals surface area contributed by atoms with Crippen molar-refractivity contribution in [1.29, 1.82) is 0 Å². The molecule has 2 heterocycles. The highest BCUT2D eigenvalue weighted by Crippen LogP contribution is 2.38. The molecule has 2 aliphatic rings. The lowest BCUT2D eigenvalue weighted by molar-refractivity contribution is 0.281. The van der Waals surface area contributed by atoms with Gasteiger partial charge in [0.05, 0.1) is 15.9 Å². The Balaban J connectivity index is 1.50. The lowest BCUT2D eigenvalue weighted by atomic mass is 10.0. The summed E-state index contributed by atoms with van der Waals surface area (Å²) in [7, 11) is -3.50. The van der Waals surface area contributed by atoms with E-state index < -0.39 is 10.0 Å². The molecule has 176 valence electrons. The average molecular weight is 549 g/mol. The van der Waals surface area contributed by atoms with Crippen molar-refractivity contribution < 1.29 is 8.42 Å². The monoisotopic (exact) mass is 547 g/mol. The maximum Gasteiger partial charge on any atom is 0.243 e. The zero-order valence-corrected chi connectivity index (χ0v) is 22.1. The molecule has 2 aromatic carbocycles. The van der Waals surface area contributed by atoms with Crippen molar-refractivity contribution in [3.8, 4) is 0 Å². The molecule has 8 heteroatoms. The minimum atomic E-state index is -3.50. The van der Waals surface area contributed by atoms with Crippen LogP contribution in [0.4, 0.5) is 0 Å². The van der Waals surface area contributed by atoms with Gasteiger partial charge in [-0.2, -0.15) is 4.31 Å². The van der Waals surface area contributed by atoms with Crippen molar-refractivity contribution in [3.63, 3.8) is 0 Å². The minimum Gasteiger partial charge on any atom is -0.316 e. The van der Waals surface area contributed by atoms with Gasteiger partial charge in [-0.3, -0.25) is 0 Å². The molecule has 3 aromatic rings. The zero-order valence-electron chi connectivity index (χ0n) is 18.9. The lowest BCUT2D eigenvalue weighted by Gasteiger charge is -2.30. The number of hydrogen-bond donors (Lipinski definition) is 0. The molecule has 1 saturated heterocycles. The molecule has 1 aromatic heterocycles. The molecule has 5 nitrogen and oxygen atoms in total. The first-order chi connectivity index (χ1) is 15.9. The topological polar surface area (TPSA) is 55.2 Å². The number of nitrogens with zero attached hydrogens (tertiary/aromatic N) is 3. The summed E-state index contributed by atoms with van der Waals surface area (Å²) in [5.41, 5.74) is 3.06. The van der Waals surface area contributed by atoms with Gasteiger partial charge < -0.3 is 4.57 Å². The van der Waals surface area contributed by atoms with Crippen LogP contribution in [0.15, 0.2) is 57.0 Å². The zero-order chi connectivity index (χ0) is 23.0. The first kappa shape index (κ1) is 23.4. The molecule has 5 rings (SSSR count). The van der Waals surface area contributed by atoms with Crippen molar-refractivity contribution in [1.82, 2.24) is 13.9 Å². The number of sulfonamides is 1. The number of aromatic nitrogens is 2. The van der Waals surface area contributed by atoms with Gasteiger partial charge >= 0.3 is 0 Å². The fourth-order valence-corrected chi connectivity index (χ4v) is 8.42. The first-order valence-corrected chi connectivity index (χ1v) is 15.0. The van der Waals surface area contributed by atoms with Gasteiger partial charge in [0.2, 0.25) is 10.0 Å². The van der Waals surface area contributed by atoms with Gasteiger partial charge in [-0.25, -0.2) is 13.4 Å². The molecular weight excluding hydrogens is 518 g/mol. The quantitative estimate of drug-likeness (QED) is 0.325. The van der Waals surface area contributed by atoms with Gasteiger partial charge in [-0.1, -0.05) is 65.7 Å². The number of benzene rings is 2. The van der Waals surface area contributed by atoms with E-state index in [0.29, 0.717) is 29.9 Å². The maximum absolute atomic E-state index is 13.4. The van der Waals surface area contributed by atoms with E-state index in [0.717, 1.165) is 52.1 Å². The molecule has 0 N–H and O–H groups in total. The summed E-state index contributed by atoms with van der Waals surface area (Å²) in [6.07, 6.45) is 6.79. The second-order valence-corrected chi connectivity index (χ2v) is 13.1. The van der Waals surface area contributed by atoms with Crippen LogP contribution in [0, 0.1) is 5.92 Å². The van der Waals surface area contributed by atoms with Crippen molar-refractivity contribution in [3.05, 3.63) is 52.5 Å². The molecule has 2 fully saturated rings. The summed E-state index contributed by atoms with van der Waals surface area (Å²) in [4.78, 5) is 5.33. The Labute approximate surface area is 209 Å². The Hall–Kier alpha value is -1.35. The van der Waals surface area contributed by atoms with Crippen LogP contribution in [0.25, 0.3) is 11.0 Å². The van der Waals surface area contributed by atoms with E-state index in [4.69, 9.17) is 4.98 Å². The molecule has 1 saturated carbocycles. The largest absolute Gasteiger partial charge is 0.316 e. The van der Waals surface area contributed by atoms with Crippen LogP contribution in [-0.2, 0) is 15.8 Å². The third kappa shape index (κ3) is 4.77. The number of hydrogen-bond acceptors (Lipinski definition) is 4. The maximum atomic E-state index is 13.4. The summed E-state index contributed by atoms with van der Waals surface area (Å²) in [5.74, 6) is 1.22. The van der Waals surface area contributed by atoms with E-state index >= 15 is 0 Å². The molecule has 0 spiro atoms. The molecule has 0 bridgehead atoms. The van der Waals surface area contributed by atoms with E-state index in [9.17, 15) is 8.42 Å². The van der Waals surface area contributed by atoms with Crippen LogP contribution in [0.3, 0.4) is 0 Å². The second kappa shape index (κ2) is 9.72. The molecule has 0 radical (unpaired) electrons. The van der Waals surface area contributed by atoms with E-state index in [1.807, 2.05) is 12.1 Å². The SMILES string of the molecule is C[C@@H]1CCCN(S(=O)(=O)c2ccc3c(c2)nc(SCc2ccccc2Br)n3C2CCCC2)C1. The van der Waals surface area contributed by atoms with Crippen molar-refractivity contribution in [2.75, 3.05) is 13.1 Å². The van der Waals surface area contributed by atoms with Crippen molar-refractivity contribution in [2.24, 2.45) is 5.92 Å². The predicted molar refractivity (Wildman–Crippen MR) is 138 cm³/mol. The molecule has 0 unspecified atom stereocenters. The molecule has 0 amide bonds. The van der Waals surface area contributed by atoms with E-state index in [-0.39, 0.29) is 0 Å². The Bertz CT molecular complexity index is 1250. The smallest absolute Gasteiger partial charge is 0.243 e. The van der Waals surface area contributed by atoms with Crippen molar-refractivity contribution in [2.45, 2.75) is 67.3 Å². The fourth-order valence-electron chi connectivity index (χ4n) is 5.11. The highest BCUT2D eigenvalue weighted by molar-refractivity contribution is 9.10. The Morgan fingerprint density at radius 2 is 1.88 bits per heavy atom. The summed E-state index contributed by atoms with van der Waals surface area (Å²) in [6, 6.07) is 14.3. The standard InChI is InChI=1S/C25H30BrN3O2S2/c1-18-7-6-14-28(16-18)33(30,31)21-12-13-24-23(15-21)27-25(29(24)20-9-3-4-10-20)32-17-19-8-2-5-11-22(19)26/h2,5,8,11-13,15,18,20H,3-4,6-7,9-10,14,16-17H2,1H3/t18-/m1/s1. The summed E-state index contributed by atoms with van der Waals surface area (Å²) in [6.45, 7) is 3.33. The molecule has 1 atom stereocenters. The predicted octanol–water partition coefficient (Wildman–Crippen LogP) is 6.63. The van der Waals surface area contributed by atoms with Crippen LogP contribution in [0.1, 0.15) is 57.1 Å². The van der Waals surface area contributed by atoms with E-state index in [1.54, 1.807) is 28.2 Å². The Morgan fingerprint density at radius 3 is 2.64 bits per heavy atom. The van der Waals surface area contributed by atoms with Crippen LogP contribution in [-0.4, -0.2) is 35.4 Å². The number of thioether (sulfide) groups is 1. The highest BCUT2D eigenvalue weighted by Gasteiger charge is 2.30. The van der Waals surface area contributed by atoms with E-state index in [2.05, 4.69) is 45.6 Å². The highest BCUT2D eigenvalue weighted by atomic mass is 79.9. The number of fused-ring (bicyclic) bond motifs is 1. The van der Waals surface area contributed by atoms with Gasteiger partial charge in [0.1, 0.15) is 0 Å². The fraction of sp³-hybridized carbons (Fsp3) is 0.480. The average Bonchev–Trinajstić information content (AvgIpc) is 3.45. The van der Waals surface area contributed by atoms with Gasteiger partial charge in [-0.15, -0.1) is 0 Å². The van der Waals surface area contributed by atoms with Crippen LogP contribution < -0.4 is 0 Å².